The Balaban J connectivity index is 0. The quantitative estimate of drug-likeness (QED) is 0.511. The molecule has 0 aromatic rings. The zero-order valence-electron chi connectivity index (χ0n) is 8.15. The number of unbranched alkanes of at least 4 members (excludes halogenated alkanes) is 1. The summed E-state index contributed by atoms with van der Waals surface area (Å²) in [5.74, 6) is 0.833. The number of rotatable bonds is 2. The topological polar surface area (TPSA) is 0 Å². The third kappa shape index (κ3) is 46.8. The largest absolute Gasteiger partial charge is 0.0917 e. The Morgan fingerprint density at radius 3 is 1.70 bits per heavy atom. The van der Waals surface area contributed by atoms with Crippen LogP contribution in [-0.2, 0) is 0 Å². The van der Waals surface area contributed by atoms with Crippen LogP contribution in [-0.4, -0.2) is 0 Å². The molecular weight excluding hydrogens is 120 g/mol. The molecule has 0 nitrogen and oxygen atoms in total. The number of allylic oxidation sites excluding steroid dienone is 2. The average Bonchev–Trinajstić information content (AvgIpc) is 1.82. The highest BCUT2D eigenvalue weighted by atomic mass is 13.7. The summed E-state index contributed by atoms with van der Waals surface area (Å²) in [6, 6.07) is 0. The van der Waals surface area contributed by atoms with Crippen molar-refractivity contribution in [2.45, 2.75) is 47.5 Å². The van der Waals surface area contributed by atoms with Crippen molar-refractivity contribution in [1.82, 2.24) is 0 Å². The fourth-order valence-corrected chi connectivity index (χ4v) is 0.333. The third-order valence-electron chi connectivity index (χ3n) is 0.691. The summed E-state index contributed by atoms with van der Waals surface area (Å²) in [5, 5.41) is 0. The van der Waals surface area contributed by atoms with E-state index in [0.717, 1.165) is 5.92 Å². The fraction of sp³-hybridized carbons (Fsp3) is 0.800. The second-order valence-electron chi connectivity index (χ2n) is 3.09. The lowest BCUT2D eigenvalue weighted by atomic mass is 10.3. The average molecular weight is 142 g/mol. The first-order chi connectivity index (χ1) is 4.65. The standard InChI is InChI=1S/C6H12.C4H10/c1-3-5-6-4-2;1-4(2)3/h3,5H,4,6H2,1-2H3;4H,1-3H3/b5-3-;. The molecular formula is C10H22. The van der Waals surface area contributed by atoms with Gasteiger partial charge in [-0.25, -0.2) is 0 Å². The van der Waals surface area contributed by atoms with Gasteiger partial charge >= 0.3 is 0 Å². The van der Waals surface area contributed by atoms with Crippen LogP contribution >= 0.6 is 0 Å². The van der Waals surface area contributed by atoms with Gasteiger partial charge in [-0.2, -0.15) is 0 Å². The molecule has 0 aliphatic rings. The zero-order valence-corrected chi connectivity index (χ0v) is 8.15. The molecule has 0 heteroatoms. The van der Waals surface area contributed by atoms with E-state index in [1.165, 1.54) is 12.8 Å². The van der Waals surface area contributed by atoms with Crippen molar-refractivity contribution in [2.24, 2.45) is 5.92 Å². The first-order valence-electron chi connectivity index (χ1n) is 4.26. The summed E-state index contributed by atoms with van der Waals surface area (Å²) in [7, 11) is 0. The van der Waals surface area contributed by atoms with E-state index >= 15 is 0 Å². The molecule has 10 heavy (non-hydrogen) atoms. The lowest BCUT2D eigenvalue weighted by molar-refractivity contribution is 0.737. The van der Waals surface area contributed by atoms with Crippen molar-refractivity contribution in [1.29, 1.82) is 0 Å². The molecule has 0 N–H and O–H groups in total. The van der Waals surface area contributed by atoms with Crippen LogP contribution in [0.1, 0.15) is 47.5 Å². The SMILES string of the molecule is C/C=C\CCC.CC(C)C. The molecule has 0 amide bonds. The molecule has 0 bridgehead atoms. The van der Waals surface area contributed by atoms with Gasteiger partial charge in [0.25, 0.3) is 0 Å². The van der Waals surface area contributed by atoms with Gasteiger partial charge in [0, 0.05) is 0 Å². The van der Waals surface area contributed by atoms with E-state index < -0.39 is 0 Å². The van der Waals surface area contributed by atoms with Gasteiger partial charge in [-0.3, -0.25) is 0 Å². The molecule has 0 aromatic heterocycles. The minimum atomic E-state index is 0.833. The first-order valence-corrected chi connectivity index (χ1v) is 4.26. The molecule has 0 spiro atoms. The van der Waals surface area contributed by atoms with Crippen molar-refractivity contribution in [3.8, 4) is 0 Å². The van der Waals surface area contributed by atoms with Crippen LogP contribution in [0.4, 0.5) is 0 Å². The molecule has 0 aliphatic carbocycles. The molecule has 0 unspecified atom stereocenters. The Morgan fingerprint density at radius 2 is 1.60 bits per heavy atom. The highest BCUT2D eigenvalue weighted by molar-refractivity contribution is 4.75. The van der Waals surface area contributed by atoms with E-state index in [0.29, 0.717) is 0 Å². The molecule has 0 radical (unpaired) electrons. The van der Waals surface area contributed by atoms with Crippen LogP contribution < -0.4 is 0 Å². The van der Waals surface area contributed by atoms with E-state index in [4.69, 9.17) is 0 Å². The summed E-state index contributed by atoms with van der Waals surface area (Å²) in [6.45, 7) is 10.7. The molecule has 0 saturated carbocycles. The number of hydrogen-bond donors (Lipinski definition) is 0. The van der Waals surface area contributed by atoms with Crippen LogP contribution in [0.2, 0.25) is 0 Å². The second-order valence-corrected chi connectivity index (χ2v) is 3.09. The van der Waals surface area contributed by atoms with Gasteiger partial charge < -0.3 is 0 Å². The van der Waals surface area contributed by atoms with Crippen LogP contribution in [0.3, 0.4) is 0 Å². The van der Waals surface area contributed by atoms with Crippen molar-refractivity contribution < 1.29 is 0 Å². The number of hydrogen-bond acceptors (Lipinski definition) is 0. The van der Waals surface area contributed by atoms with E-state index in [1.54, 1.807) is 0 Å². The van der Waals surface area contributed by atoms with Gasteiger partial charge in [-0.05, 0) is 19.3 Å². The molecule has 0 aliphatic heterocycles. The minimum Gasteiger partial charge on any atom is -0.0917 e. The summed E-state index contributed by atoms with van der Waals surface area (Å²) < 4.78 is 0. The Labute approximate surface area is 66.3 Å². The van der Waals surface area contributed by atoms with Crippen molar-refractivity contribution in [2.75, 3.05) is 0 Å². The van der Waals surface area contributed by atoms with Crippen molar-refractivity contribution in [3.63, 3.8) is 0 Å². The smallest absolute Gasteiger partial charge is 0.0353 e. The zero-order chi connectivity index (χ0) is 8.41. The first kappa shape index (κ1) is 12.4. The molecule has 0 fully saturated rings. The maximum absolute atomic E-state index is 2.18. The normalized spacial score (nSPS) is 9.80. The van der Waals surface area contributed by atoms with Crippen LogP contribution in [0.15, 0.2) is 12.2 Å². The second kappa shape index (κ2) is 11.5. The summed E-state index contributed by atoms with van der Waals surface area (Å²) in [5.41, 5.74) is 0. The van der Waals surface area contributed by atoms with E-state index in [-0.39, 0.29) is 0 Å². The monoisotopic (exact) mass is 142 g/mol. The third-order valence-corrected chi connectivity index (χ3v) is 0.691. The Morgan fingerprint density at radius 1 is 1.20 bits per heavy atom. The van der Waals surface area contributed by atoms with Gasteiger partial charge in [0.15, 0.2) is 0 Å². The summed E-state index contributed by atoms with van der Waals surface area (Å²) >= 11 is 0. The van der Waals surface area contributed by atoms with Crippen LogP contribution in [0, 0.1) is 5.92 Å². The van der Waals surface area contributed by atoms with Crippen LogP contribution in [0.5, 0.6) is 0 Å². The molecule has 0 saturated heterocycles. The molecule has 0 rings (SSSR count). The van der Waals surface area contributed by atoms with Crippen molar-refractivity contribution in [3.05, 3.63) is 12.2 Å². The maximum Gasteiger partial charge on any atom is -0.0353 e. The highest BCUT2D eigenvalue weighted by Gasteiger charge is 1.68. The predicted molar refractivity (Wildman–Crippen MR) is 50.2 cm³/mol. The highest BCUT2D eigenvalue weighted by Crippen LogP contribution is 1.85. The van der Waals surface area contributed by atoms with Gasteiger partial charge in [0.1, 0.15) is 0 Å². The maximum atomic E-state index is 2.18. The Bertz CT molecular complexity index is 57.7. The Kier molecular flexibility index (Phi) is 14.3. The molecule has 0 atom stereocenters. The van der Waals surface area contributed by atoms with E-state index in [2.05, 4.69) is 46.8 Å². The fourth-order valence-electron chi connectivity index (χ4n) is 0.333. The summed E-state index contributed by atoms with van der Waals surface area (Å²) in [4.78, 5) is 0. The molecule has 62 valence electrons. The van der Waals surface area contributed by atoms with Gasteiger partial charge in [0.05, 0.1) is 0 Å². The molecule has 0 aromatic carbocycles. The Hall–Kier alpha value is -0.260. The van der Waals surface area contributed by atoms with E-state index in [9.17, 15) is 0 Å². The van der Waals surface area contributed by atoms with E-state index in [1.807, 2.05) is 0 Å². The van der Waals surface area contributed by atoms with Gasteiger partial charge in [-0.15, -0.1) is 0 Å². The van der Waals surface area contributed by atoms with Gasteiger partial charge in [0.2, 0.25) is 0 Å². The lowest BCUT2D eigenvalue weighted by Crippen LogP contribution is -1.66. The molecule has 0 heterocycles. The van der Waals surface area contributed by atoms with Crippen molar-refractivity contribution >= 4 is 0 Å². The summed E-state index contributed by atoms with van der Waals surface area (Å²) in [6.07, 6.45) is 6.77. The van der Waals surface area contributed by atoms with Crippen LogP contribution in [0.25, 0.3) is 0 Å². The predicted octanol–water partition coefficient (Wildman–Crippen LogP) is 4.02. The lowest BCUT2D eigenvalue weighted by Gasteiger charge is -1.79. The van der Waals surface area contributed by atoms with Gasteiger partial charge in [-0.1, -0.05) is 46.3 Å². The minimum absolute atomic E-state index is 0.833.